The Hall–Kier alpha value is 0.330. The Balaban J connectivity index is 2.44. The molecular formula is C12H19NS3. The molecule has 0 spiro atoms. The van der Waals surface area contributed by atoms with E-state index in [2.05, 4.69) is 38.0 Å². The third-order valence-corrected chi connectivity index (χ3v) is 6.37. The van der Waals surface area contributed by atoms with Gasteiger partial charge < -0.3 is 4.90 Å². The minimum atomic E-state index is 0.152. The van der Waals surface area contributed by atoms with Gasteiger partial charge in [-0.15, -0.1) is 23.5 Å². The highest BCUT2D eigenvalue weighted by Gasteiger charge is 2.47. The standard InChI is InChI=1S/C12H19NS3/c1-8(2)13-11(14)7-10-9(5-6-16-10)12(13,3)15-4/h7-9H,5-6H2,1-4H3. The van der Waals surface area contributed by atoms with Gasteiger partial charge in [-0.25, -0.2) is 0 Å². The van der Waals surface area contributed by atoms with Crippen LogP contribution in [0.4, 0.5) is 0 Å². The Morgan fingerprint density at radius 2 is 2.31 bits per heavy atom. The molecule has 1 saturated heterocycles. The Labute approximate surface area is 112 Å². The lowest BCUT2D eigenvalue weighted by molar-refractivity contribution is 0.196. The number of hydrogen-bond donors (Lipinski definition) is 0. The zero-order valence-corrected chi connectivity index (χ0v) is 12.8. The van der Waals surface area contributed by atoms with E-state index in [0.717, 1.165) is 4.99 Å². The monoisotopic (exact) mass is 273 g/mol. The van der Waals surface area contributed by atoms with E-state index in [4.69, 9.17) is 12.2 Å². The summed E-state index contributed by atoms with van der Waals surface area (Å²) in [5, 5.41) is 0. The summed E-state index contributed by atoms with van der Waals surface area (Å²) < 4.78 is 0. The van der Waals surface area contributed by atoms with E-state index in [1.54, 1.807) is 0 Å². The maximum Gasteiger partial charge on any atom is 0.104 e. The number of nitrogens with zero attached hydrogens (tertiary/aromatic N) is 1. The van der Waals surface area contributed by atoms with E-state index in [9.17, 15) is 0 Å². The van der Waals surface area contributed by atoms with Crippen molar-refractivity contribution in [1.29, 1.82) is 0 Å². The highest BCUT2D eigenvalue weighted by molar-refractivity contribution is 8.03. The van der Waals surface area contributed by atoms with Crippen LogP contribution in [0.15, 0.2) is 11.0 Å². The summed E-state index contributed by atoms with van der Waals surface area (Å²) in [5.74, 6) is 1.92. The fourth-order valence-electron chi connectivity index (χ4n) is 2.80. The molecule has 2 atom stereocenters. The van der Waals surface area contributed by atoms with Crippen LogP contribution in [0.5, 0.6) is 0 Å². The maximum absolute atomic E-state index is 5.57. The molecule has 90 valence electrons. The molecule has 0 aliphatic carbocycles. The van der Waals surface area contributed by atoms with Crippen LogP contribution in [0.25, 0.3) is 0 Å². The summed E-state index contributed by atoms with van der Waals surface area (Å²) in [6.07, 6.45) is 5.74. The van der Waals surface area contributed by atoms with Crippen LogP contribution in [0.1, 0.15) is 27.2 Å². The van der Waals surface area contributed by atoms with Gasteiger partial charge in [0, 0.05) is 12.0 Å². The van der Waals surface area contributed by atoms with Crippen molar-refractivity contribution in [2.45, 2.75) is 38.1 Å². The van der Waals surface area contributed by atoms with Gasteiger partial charge in [-0.05, 0) is 50.2 Å². The van der Waals surface area contributed by atoms with Gasteiger partial charge in [-0.3, -0.25) is 0 Å². The van der Waals surface area contributed by atoms with Gasteiger partial charge in [0.1, 0.15) is 4.99 Å². The second-order valence-corrected chi connectivity index (χ2v) is 7.62. The summed E-state index contributed by atoms with van der Waals surface area (Å²) in [4.78, 5) is 5.11. The van der Waals surface area contributed by atoms with E-state index in [1.165, 1.54) is 17.1 Å². The average Bonchev–Trinajstić information content (AvgIpc) is 2.65. The van der Waals surface area contributed by atoms with Gasteiger partial charge in [0.05, 0.1) is 4.87 Å². The number of thioether (sulfide) groups is 2. The zero-order chi connectivity index (χ0) is 11.9. The largest absolute Gasteiger partial charge is 0.345 e. The molecular weight excluding hydrogens is 254 g/mol. The molecule has 2 heterocycles. The third-order valence-electron chi connectivity index (χ3n) is 3.58. The van der Waals surface area contributed by atoms with Crippen LogP contribution < -0.4 is 0 Å². The molecule has 0 amide bonds. The molecule has 1 nitrogen and oxygen atoms in total. The van der Waals surface area contributed by atoms with Gasteiger partial charge in [0.25, 0.3) is 0 Å². The average molecular weight is 273 g/mol. The molecule has 0 aromatic rings. The lowest BCUT2D eigenvalue weighted by Gasteiger charge is -2.50. The van der Waals surface area contributed by atoms with Gasteiger partial charge in [0.2, 0.25) is 0 Å². The number of thiocarbonyl (C=S) groups is 1. The van der Waals surface area contributed by atoms with Crippen LogP contribution in [-0.2, 0) is 0 Å². The zero-order valence-electron chi connectivity index (χ0n) is 10.3. The van der Waals surface area contributed by atoms with Crippen molar-refractivity contribution in [1.82, 2.24) is 4.90 Å². The maximum atomic E-state index is 5.57. The van der Waals surface area contributed by atoms with Crippen LogP contribution >= 0.6 is 35.7 Å². The molecule has 2 aliphatic heterocycles. The van der Waals surface area contributed by atoms with Crippen molar-refractivity contribution in [3.05, 3.63) is 11.0 Å². The molecule has 0 aromatic heterocycles. The summed E-state index contributed by atoms with van der Waals surface area (Å²) in [7, 11) is 0. The summed E-state index contributed by atoms with van der Waals surface area (Å²) in [6.45, 7) is 6.83. The van der Waals surface area contributed by atoms with Crippen LogP contribution in [-0.4, -0.2) is 32.8 Å². The first-order valence-electron chi connectivity index (χ1n) is 5.73. The molecule has 0 radical (unpaired) electrons. The Morgan fingerprint density at radius 1 is 1.62 bits per heavy atom. The SMILES string of the molecule is CSC1(C)C2CCSC2=CC(=S)N1C(C)C. The van der Waals surface area contributed by atoms with Crippen molar-refractivity contribution < 1.29 is 0 Å². The van der Waals surface area contributed by atoms with E-state index in [0.29, 0.717) is 12.0 Å². The molecule has 0 saturated carbocycles. The van der Waals surface area contributed by atoms with Crippen molar-refractivity contribution >= 4 is 40.7 Å². The molecule has 0 aromatic carbocycles. The lowest BCUT2D eigenvalue weighted by atomic mass is 9.91. The highest BCUT2D eigenvalue weighted by atomic mass is 32.2. The second-order valence-electron chi connectivity index (χ2n) is 4.80. The fraction of sp³-hybridized carbons (Fsp3) is 0.750. The molecule has 4 heteroatoms. The molecule has 1 fully saturated rings. The first kappa shape index (κ1) is 12.8. The van der Waals surface area contributed by atoms with Crippen molar-refractivity contribution in [3.63, 3.8) is 0 Å². The highest BCUT2D eigenvalue weighted by Crippen LogP contribution is 2.52. The predicted molar refractivity (Wildman–Crippen MR) is 80.1 cm³/mol. The second kappa shape index (κ2) is 4.54. The number of hydrogen-bond acceptors (Lipinski definition) is 3. The minimum Gasteiger partial charge on any atom is -0.345 e. The normalized spacial score (nSPS) is 34.3. The summed E-state index contributed by atoms with van der Waals surface area (Å²) in [6, 6.07) is 0.480. The predicted octanol–water partition coefficient (Wildman–Crippen LogP) is 3.75. The number of rotatable bonds is 2. The van der Waals surface area contributed by atoms with Crippen LogP contribution in [0.2, 0.25) is 0 Å². The van der Waals surface area contributed by atoms with Gasteiger partial charge in [-0.1, -0.05) is 12.2 Å². The van der Waals surface area contributed by atoms with Crippen molar-refractivity contribution in [3.8, 4) is 0 Å². The Morgan fingerprint density at radius 3 is 2.88 bits per heavy atom. The smallest absolute Gasteiger partial charge is 0.104 e. The van der Waals surface area contributed by atoms with E-state index < -0.39 is 0 Å². The van der Waals surface area contributed by atoms with E-state index in [1.807, 2.05) is 23.5 Å². The van der Waals surface area contributed by atoms with Gasteiger partial charge >= 0.3 is 0 Å². The Kier molecular flexibility index (Phi) is 3.63. The molecule has 2 rings (SSSR count). The molecule has 2 unspecified atom stereocenters. The van der Waals surface area contributed by atoms with E-state index >= 15 is 0 Å². The topological polar surface area (TPSA) is 3.24 Å². The lowest BCUT2D eigenvalue weighted by Crippen LogP contribution is -2.56. The Bertz CT molecular complexity index is 337. The third kappa shape index (κ3) is 1.83. The fourth-order valence-corrected chi connectivity index (χ4v) is 5.90. The quantitative estimate of drug-likeness (QED) is 0.705. The molecule has 2 aliphatic rings. The van der Waals surface area contributed by atoms with Crippen LogP contribution in [0.3, 0.4) is 0 Å². The van der Waals surface area contributed by atoms with Crippen molar-refractivity contribution in [2.24, 2.45) is 5.92 Å². The summed E-state index contributed by atoms with van der Waals surface area (Å²) in [5.41, 5.74) is 0. The summed E-state index contributed by atoms with van der Waals surface area (Å²) >= 11 is 9.51. The minimum absolute atomic E-state index is 0.152. The number of fused-ring (bicyclic) bond motifs is 1. The molecule has 0 bridgehead atoms. The first-order valence-corrected chi connectivity index (χ1v) is 8.35. The van der Waals surface area contributed by atoms with Crippen LogP contribution in [0, 0.1) is 5.92 Å². The van der Waals surface area contributed by atoms with E-state index in [-0.39, 0.29) is 4.87 Å². The first-order chi connectivity index (χ1) is 7.50. The molecule has 0 N–H and O–H groups in total. The van der Waals surface area contributed by atoms with Gasteiger partial charge in [-0.2, -0.15) is 0 Å². The molecule has 16 heavy (non-hydrogen) atoms. The van der Waals surface area contributed by atoms with Crippen molar-refractivity contribution in [2.75, 3.05) is 12.0 Å². The van der Waals surface area contributed by atoms with Gasteiger partial charge in [0.15, 0.2) is 0 Å².